The standard InChI is InChI=1S/C25H16ClN3S2/c26-19-11-9-17(10-12-19)15-29-16-18(21-5-1-3-7-23(21)29)13-20(14-27)30-25-28-22-6-2-4-8-24(22)31-25/h1-13,16H,15H2. The predicted octanol–water partition coefficient (Wildman–Crippen LogP) is 7.61. The van der Waals surface area contributed by atoms with Crippen molar-refractivity contribution >= 4 is 61.9 Å². The lowest BCUT2D eigenvalue weighted by Gasteiger charge is -2.05. The van der Waals surface area contributed by atoms with Crippen molar-refractivity contribution in [3.63, 3.8) is 0 Å². The summed E-state index contributed by atoms with van der Waals surface area (Å²) in [5, 5.41) is 11.6. The number of allylic oxidation sites excluding steroid dienone is 1. The monoisotopic (exact) mass is 457 g/mol. The Balaban J connectivity index is 1.50. The quantitative estimate of drug-likeness (QED) is 0.201. The van der Waals surface area contributed by atoms with Gasteiger partial charge in [-0.1, -0.05) is 54.1 Å². The Labute approximate surface area is 193 Å². The number of hydrogen-bond acceptors (Lipinski definition) is 4. The molecule has 150 valence electrons. The molecule has 0 bridgehead atoms. The SMILES string of the molecule is N#CC(=Cc1cn(Cc2ccc(Cl)cc2)c2ccccc12)Sc1nc2ccccc2s1. The van der Waals surface area contributed by atoms with Crippen LogP contribution in [0.15, 0.2) is 88.2 Å². The van der Waals surface area contributed by atoms with Crippen LogP contribution in [-0.4, -0.2) is 9.55 Å². The molecule has 3 nitrogen and oxygen atoms in total. The first-order valence-corrected chi connectivity index (χ1v) is 11.7. The molecule has 0 spiro atoms. The molecular weight excluding hydrogens is 442 g/mol. The maximum absolute atomic E-state index is 9.78. The van der Waals surface area contributed by atoms with Crippen LogP contribution in [0, 0.1) is 11.3 Å². The van der Waals surface area contributed by atoms with Crippen LogP contribution in [0.4, 0.5) is 0 Å². The Morgan fingerprint density at radius 3 is 2.65 bits per heavy atom. The molecule has 0 atom stereocenters. The van der Waals surface area contributed by atoms with E-state index in [1.807, 2.05) is 60.7 Å². The summed E-state index contributed by atoms with van der Waals surface area (Å²) in [7, 11) is 0. The van der Waals surface area contributed by atoms with Gasteiger partial charge in [-0.05, 0) is 53.7 Å². The van der Waals surface area contributed by atoms with Crippen molar-refractivity contribution in [3.05, 3.63) is 100 Å². The molecule has 31 heavy (non-hydrogen) atoms. The summed E-state index contributed by atoms with van der Waals surface area (Å²) in [6.07, 6.45) is 4.06. The number of halogens is 1. The maximum atomic E-state index is 9.78. The first-order chi connectivity index (χ1) is 15.2. The van der Waals surface area contributed by atoms with Gasteiger partial charge >= 0.3 is 0 Å². The van der Waals surface area contributed by atoms with Gasteiger partial charge in [0.1, 0.15) is 6.07 Å². The highest BCUT2D eigenvalue weighted by Gasteiger charge is 2.11. The summed E-state index contributed by atoms with van der Waals surface area (Å²) in [6, 6.07) is 26.5. The molecule has 0 radical (unpaired) electrons. The zero-order valence-corrected chi connectivity index (χ0v) is 18.7. The number of para-hydroxylation sites is 2. The lowest BCUT2D eigenvalue weighted by molar-refractivity contribution is 0.836. The Bertz CT molecular complexity index is 1420. The highest BCUT2D eigenvalue weighted by Crippen LogP contribution is 2.35. The molecule has 0 aliphatic carbocycles. The largest absolute Gasteiger partial charge is 0.342 e. The van der Waals surface area contributed by atoms with Crippen molar-refractivity contribution in [2.75, 3.05) is 0 Å². The number of hydrogen-bond donors (Lipinski definition) is 0. The third kappa shape index (κ3) is 4.24. The molecular formula is C25H16ClN3S2. The molecule has 5 aromatic rings. The molecule has 0 saturated carbocycles. The fourth-order valence-electron chi connectivity index (χ4n) is 3.52. The minimum Gasteiger partial charge on any atom is -0.342 e. The Morgan fingerprint density at radius 2 is 1.84 bits per heavy atom. The van der Waals surface area contributed by atoms with E-state index in [2.05, 4.69) is 40.0 Å². The third-order valence-electron chi connectivity index (χ3n) is 4.95. The van der Waals surface area contributed by atoms with Crippen LogP contribution in [-0.2, 0) is 6.54 Å². The van der Waals surface area contributed by atoms with Gasteiger partial charge in [0.05, 0.1) is 15.1 Å². The predicted molar refractivity (Wildman–Crippen MR) is 132 cm³/mol. The number of aromatic nitrogens is 2. The average molecular weight is 458 g/mol. The third-order valence-corrected chi connectivity index (χ3v) is 7.23. The molecule has 2 heterocycles. The fourth-order valence-corrected chi connectivity index (χ4v) is 5.61. The first kappa shape index (κ1) is 19.9. The molecule has 0 aliphatic heterocycles. The molecule has 0 amide bonds. The summed E-state index contributed by atoms with van der Waals surface area (Å²) < 4.78 is 4.21. The number of nitriles is 1. The van der Waals surface area contributed by atoms with E-state index in [9.17, 15) is 5.26 Å². The van der Waals surface area contributed by atoms with Crippen LogP contribution in [0.2, 0.25) is 5.02 Å². The number of rotatable bonds is 5. The van der Waals surface area contributed by atoms with Gasteiger partial charge in [0.25, 0.3) is 0 Å². The average Bonchev–Trinajstić information content (AvgIpc) is 3.36. The molecule has 6 heteroatoms. The van der Waals surface area contributed by atoms with Crippen LogP contribution < -0.4 is 0 Å². The van der Waals surface area contributed by atoms with Gasteiger partial charge in [-0.3, -0.25) is 0 Å². The van der Waals surface area contributed by atoms with Crippen molar-refractivity contribution in [2.24, 2.45) is 0 Å². The van der Waals surface area contributed by atoms with E-state index in [4.69, 9.17) is 11.6 Å². The molecule has 3 aromatic carbocycles. The minimum atomic E-state index is 0.619. The number of thiazole rings is 1. The summed E-state index contributed by atoms with van der Waals surface area (Å²) in [5.41, 5.74) is 4.29. The van der Waals surface area contributed by atoms with Gasteiger partial charge in [-0.25, -0.2) is 4.98 Å². The molecule has 0 fully saturated rings. The highest BCUT2D eigenvalue weighted by atomic mass is 35.5. The van der Waals surface area contributed by atoms with Gasteiger partial charge in [0.15, 0.2) is 4.34 Å². The van der Waals surface area contributed by atoms with Crippen molar-refractivity contribution in [3.8, 4) is 6.07 Å². The highest BCUT2D eigenvalue weighted by molar-refractivity contribution is 8.05. The number of nitrogens with zero attached hydrogens (tertiary/aromatic N) is 3. The van der Waals surface area contributed by atoms with E-state index >= 15 is 0 Å². The first-order valence-electron chi connectivity index (χ1n) is 9.67. The van der Waals surface area contributed by atoms with E-state index in [-0.39, 0.29) is 0 Å². The Kier molecular flexibility index (Phi) is 5.52. The molecule has 5 rings (SSSR count). The van der Waals surface area contributed by atoms with Gasteiger partial charge in [-0.2, -0.15) is 5.26 Å². The van der Waals surface area contributed by atoms with Crippen molar-refractivity contribution in [2.45, 2.75) is 10.9 Å². The van der Waals surface area contributed by atoms with E-state index in [0.717, 1.165) is 42.6 Å². The molecule has 0 aliphatic rings. The zero-order valence-electron chi connectivity index (χ0n) is 16.3. The van der Waals surface area contributed by atoms with Crippen molar-refractivity contribution in [1.82, 2.24) is 9.55 Å². The van der Waals surface area contributed by atoms with Crippen LogP contribution in [0.1, 0.15) is 11.1 Å². The number of fused-ring (bicyclic) bond motifs is 2. The van der Waals surface area contributed by atoms with Crippen molar-refractivity contribution in [1.29, 1.82) is 5.26 Å². The Morgan fingerprint density at radius 1 is 1.06 bits per heavy atom. The molecule has 2 aromatic heterocycles. The summed E-state index contributed by atoms with van der Waals surface area (Å²) in [6.45, 7) is 0.735. The van der Waals surface area contributed by atoms with Crippen LogP contribution >= 0.6 is 34.7 Å². The van der Waals surface area contributed by atoms with Gasteiger partial charge < -0.3 is 4.57 Å². The van der Waals surface area contributed by atoms with E-state index < -0.39 is 0 Å². The van der Waals surface area contributed by atoms with Crippen LogP contribution in [0.25, 0.3) is 27.2 Å². The lowest BCUT2D eigenvalue weighted by atomic mass is 10.1. The second kappa shape index (κ2) is 8.60. The van der Waals surface area contributed by atoms with Gasteiger partial charge in [-0.15, -0.1) is 11.3 Å². The second-order valence-electron chi connectivity index (χ2n) is 7.03. The van der Waals surface area contributed by atoms with E-state index in [1.54, 1.807) is 11.3 Å². The maximum Gasteiger partial charge on any atom is 0.156 e. The summed E-state index contributed by atoms with van der Waals surface area (Å²) in [5.74, 6) is 0. The van der Waals surface area contributed by atoms with Crippen LogP contribution in [0.3, 0.4) is 0 Å². The summed E-state index contributed by atoms with van der Waals surface area (Å²) >= 11 is 9.05. The minimum absolute atomic E-state index is 0.619. The van der Waals surface area contributed by atoms with Gasteiger partial charge in [0, 0.05) is 34.2 Å². The molecule has 0 N–H and O–H groups in total. The number of thioether (sulfide) groups is 1. The summed E-state index contributed by atoms with van der Waals surface area (Å²) in [4.78, 5) is 5.27. The van der Waals surface area contributed by atoms with Crippen LogP contribution in [0.5, 0.6) is 0 Å². The zero-order chi connectivity index (χ0) is 21.2. The molecule has 0 unspecified atom stereocenters. The smallest absolute Gasteiger partial charge is 0.156 e. The van der Waals surface area contributed by atoms with E-state index in [0.29, 0.717) is 4.91 Å². The van der Waals surface area contributed by atoms with Gasteiger partial charge in [0.2, 0.25) is 0 Å². The van der Waals surface area contributed by atoms with Crippen molar-refractivity contribution < 1.29 is 0 Å². The second-order valence-corrected chi connectivity index (χ2v) is 9.78. The number of benzene rings is 3. The Hall–Kier alpha value is -3.04. The lowest BCUT2D eigenvalue weighted by Crippen LogP contribution is -1.97. The molecule has 0 saturated heterocycles. The fraction of sp³-hybridized carbons (Fsp3) is 0.0400. The normalized spacial score (nSPS) is 11.8. The van der Waals surface area contributed by atoms with E-state index in [1.165, 1.54) is 17.3 Å². The topological polar surface area (TPSA) is 41.6 Å².